The second-order valence-corrected chi connectivity index (χ2v) is 5.02. The second kappa shape index (κ2) is 6.60. The van der Waals surface area contributed by atoms with Crippen LogP contribution in [-0.2, 0) is 0 Å². The molecule has 0 aliphatic carbocycles. The highest BCUT2D eigenvalue weighted by Gasteiger charge is 2.24. The fourth-order valence-electron chi connectivity index (χ4n) is 2.43. The van der Waals surface area contributed by atoms with E-state index in [1.807, 2.05) is 18.2 Å². The first kappa shape index (κ1) is 14.6. The van der Waals surface area contributed by atoms with Crippen LogP contribution in [0.4, 0.5) is 0 Å². The average molecular weight is 275 g/mol. The number of hydrogen-bond donors (Lipinski definition) is 0. The Kier molecular flexibility index (Phi) is 4.83. The molecule has 0 saturated carbocycles. The standard InChI is InChI=1S/C15H21N3O2/c1-17-4-6-18(7-5-17)15(11-16)12-8-13(19-2)10-14(9-12)20-3/h8-10,15H,4-7H2,1-3H3. The van der Waals surface area contributed by atoms with Crippen LogP contribution in [-0.4, -0.2) is 57.2 Å². The van der Waals surface area contributed by atoms with Gasteiger partial charge < -0.3 is 14.4 Å². The topological polar surface area (TPSA) is 48.7 Å². The summed E-state index contributed by atoms with van der Waals surface area (Å²) in [4.78, 5) is 4.48. The molecule has 0 radical (unpaired) electrons. The third-order valence-corrected chi connectivity index (χ3v) is 3.71. The Morgan fingerprint density at radius 1 is 1.05 bits per heavy atom. The van der Waals surface area contributed by atoms with Crippen LogP contribution in [0.3, 0.4) is 0 Å². The molecule has 1 saturated heterocycles. The highest BCUT2D eigenvalue weighted by atomic mass is 16.5. The Balaban J connectivity index is 2.25. The highest BCUT2D eigenvalue weighted by molar-refractivity contribution is 5.41. The molecule has 0 N–H and O–H groups in total. The van der Waals surface area contributed by atoms with Crippen LogP contribution < -0.4 is 9.47 Å². The molecule has 0 aromatic heterocycles. The molecule has 1 atom stereocenters. The van der Waals surface area contributed by atoms with Gasteiger partial charge in [-0.25, -0.2) is 0 Å². The molecule has 5 nitrogen and oxygen atoms in total. The van der Waals surface area contributed by atoms with Crippen molar-refractivity contribution in [1.29, 1.82) is 5.26 Å². The average Bonchev–Trinajstić information content (AvgIpc) is 2.49. The van der Waals surface area contributed by atoms with Gasteiger partial charge in [-0.15, -0.1) is 0 Å². The van der Waals surface area contributed by atoms with E-state index < -0.39 is 0 Å². The van der Waals surface area contributed by atoms with Crippen LogP contribution in [0, 0.1) is 11.3 Å². The van der Waals surface area contributed by atoms with Gasteiger partial charge in [0.1, 0.15) is 17.5 Å². The summed E-state index contributed by atoms with van der Waals surface area (Å²) < 4.78 is 10.6. The Labute approximate surface area is 120 Å². The molecule has 1 unspecified atom stereocenters. The number of nitriles is 1. The molecule has 20 heavy (non-hydrogen) atoms. The smallest absolute Gasteiger partial charge is 0.124 e. The third kappa shape index (κ3) is 3.21. The number of benzene rings is 1. The summed E-state index contributed by atoms with van der Waals surface area (Å²) in [5.74, 6) is 1.43. The minimum atomic E-state index is -0.257. The summed E-state index contributed by atoms with van der Waals surface area (Å²) in [7, 11) is 5.35. The van der Waals surface area contributed by atoms with Gasteiger partial charge in [-0.3, -0.25) is 4.90 Å². The first-order valence-corrected chi connectivity index (χ1v) is 6.73. The van der Waals surface area contributed by atoms with Crippen molar-refractivity contribution in [3.8, 4) is 17.6 Å². The molecule has 1 fully saturated rings. The largest absolute Gasteiger partial charge is 0.497 e. The Morgan fingerprint density at radius 2 is 1.60 bits per heavy atom. The van der Waals surface area contributed by atoms with Gasteiger partial charge in [0.15, 0.2) is 0 Å². The normalized spacial score (nSPS) is 18.3. The molecule has 108 valence electrons. The van der Waals surface area contributed by atoms with Crippen LogP contribution in [0.5, 0.6) is 11.5 Å². The van der Waals surface area contributed by atoms with Gasteiger partial charge in [-0.1, -0.05) is 0 Å². The van der Waals surface area contributed by atoms with Gasteiger partial charge in [0.2, 0.25) is 0 Å². The van der Waals surface area contributed by atoms with Gasteiger partial charge in [-0.2, -0.15) is 5.26 Å². The Hall–Kier alpha value is -1.77. The fourth-order valence-corrected chi connectivity index (χ4v) is 2.43. The van der Waals surface area contributed by atoms with Crippen molar-refractivity contribution in [3.63, 3.8) is 0 Å². The van der Waals surface area contributed by atoms with Crippen LogP contribution in [0.15, 0.2) is 18.2 Å². The fraction of sp³-hybridized carbons (Fsp3) is 0.533. The summed E-state index contributed by atoms with van der Waals surface area (Å²) in [5, 5.41) is 9.54. The zero-order valence-corrected chi connectivity index (χ0v) is 12.3. The molecular formula is C15H21N3O2. The molecule has 1 aliphatic rings. The number of hydrogen-bond acceptors (Lipinski definition) is 5. The SMILES string of the molecule is COc1cc(OC)cc(C(C#N)N2CCN(C)CC2)c1. The molecule has 1 aromatic rings. The van der Waals surface area contributed by atoms with Crippen molar-refractivity contribution in [2.24, 2.45) is 0 Å². The molecule has 0 spiro atoms. The van der Waals surface area contributed by atoms with E-state index in [1.54, 1.807) is 14.2 Å². The number of likely N-dealkylation sites (N-methyl/N-ethyl adjacent to an activating group) is 1. The molecule has 5 heteroatoms. The van der Waals surface area contributed by atoms with Crippen LogP contribution in [0.25, 0.3) is 0 Å². The minimum Gasteiger partial charge on any atom is -0.497 e. The number of nitrogens with zero attached hydrogens (tertiary/aromatic N) is 3. The maximum Gasteiger partial charge on any atom is 0.124 e. The van der Waals surface area contributed by atoms with Crippen molar-refractivity contribution in [2.45, 2.75) is 6.04 Å². The lowest BCUT2D eigenvalue weighted by molar-refractivity contribution is 0.132. The van der Waals surface area contributed by atoms with E-state index in [4.69, 9.17) is 9.47 Å². The van der Waals surface area contributed by atoms with Crippen molar-refractivity contribution >= 4 is 0 Å². The highest BCUT2D eigenvalue weighted by Crippen LogP contribution is 2.29. The Morgan fingerprint density at radius 3 is 2.05 bits per heavy atom. The van der Waals surface area contributed by atoms with Crippen LogP contribution >= 0.6 is 0 Å². The third-order valence-electron chi connectivity index (χ3n) is 3.71. The summed E-state index contributed by atoms with van der Waals surface area (Å²) in [6.07, 6.45) is 0. The second-order valence-electron chi connectivity index (χ2n) is 5.02. The van der Waals surface area contributed by atoms with Crippen molar-refractivity contribution in [2.75, 3.05) is 47.4 Å². The van der Waals surface area contributed by atoms with E-state index >= 15 is 0 Å². The minimum absolute atomic E-state index is 0.257. The van der Waals surface area contributed by atoms with Crippen molar-refractivity contribution < 1.29 is 9.47 Å². The van der Waals surface area contributed by atoms with E-state index in [-0.39, 0.29) is 6.04 Å². The zero-order chi connectivity index (χ0) is 14.5. The van der Waals surface area contributed by atoms with E-state index in [1.165, 1.54) is 0 Å². The molecular weight excluding hydrogens is 254 g/mol. The van der Waals surface area contributed by atoms with Gasteiger partial charge in [-0.05, 0) is 24.7 Å². The maximum absolute atomic E-state index is 9.54. The van der Waals surface area contributed by atoms with Crippen molar-refractivity contribution in [1.82, 2.24) is 9.80 Å². The summed E-state index contributed by atoms with van der Waals surface area (Å²) in [6.45, 7) is 3.76. The van der Waals surface area contributed by atoms with Crippen LogP contribution in [0.2, 0.25) is 0 Å². The van der Waals surface area contributed by atoms with Crippen molar-refractivity contribution in [3.05, 3.63) is 23.8 Å². The molecule has 1 aliphatic heterocycles. The number of ether oxygens (including phenoxy) is 2. The first-order valence-electron chi connectivity index (χ1n) is 6.73. The molecule has 1 heterocycles. The predicted molar refractivity (Wildman–Crippen MR) is 77.0 cm³/mol. The molecule has 2 rings (SSSR count). The lowest BCUT2D eigenvalue weighted by Gasteiger charge is -2.35. The quantitative estimate of drug-likeness (QED) is 0.833. The lowest BCUT2D eigenvalue weighted by atomic mass is 10.0. The lowest BCUT2D eigenvalue weighted by Crippen LogP contribution is -2.45. The predicted octanol–water partition coefficient (Wildman–Crippen LogP) is 1.52. The van der Waals surface area contributed by atoms with E-state index in [9.17, 15) is 5.26 Å². The Bertz CT molecular complexity index is 468. The molecule has 1 aromatic carbocycles. The van der Waals surface area contributed by atoms with Crippen LogP contribution in [0.1, 0.15) is 11.6 Å². The molecule has 0 bridgehead atoms. The van der Waals surface area contributed by atoms with E-state index in [2.05, 4.69) is 22.9 Å². The molecule has 0 amide bonds. The van der Waals surface area contributed by atoms with E-state index in [0.717, 1.165) is 31.7 Å². The van der Waals surface area contributed by atoms with Gasteiger partial charge in [0.25, 0.3) is 0 Å². The number of piperazine rings is 1. The number of rotatable bonds is 4. The summed E-state index contributed by atoms with van der Waals surface area (Å²) in [5.41, 5.74) is 0.924. The summed E-state index contributed by atoms with van der Waals surface area (Å²) >= 11 is 0. The van der Waals surface area contributed by atoms with Gasteiger partial charge >= 0.3 is 0 Å². The monoisotopic (exact) mass is 275 g/mol. The zero-order valence-electron chi connectivity index (χ0n) is 12.3. The summed E-state index contributed by atoms with van der Waals surface area (Å²) in [6, 6.07) is 7.79. The first-order chi connectivity index (χ1) is 9.67. The number of methoxy groups -OCH3 is 2. The van der Waals surface area contributed by atoms with E-state index in [0.29, 0.717) is 11.5 Å². The van der Waals surface area contributed by atoms with Gasteiger partial charge in [0, 0.05) is 32.2 Å². The maximum atomic E-state index is 9.54. The van der Waals surface area contributed by atoms with Gasteiger partial charge in [0.05, 0.1) is 20.3 Å².